The van der Waals surface area contributed by atoms with E-state index < -0.39 is 28.1 Å². The summed E-state index contributed by atoms with van der Waals surface area (Å²) < 4.78 is 33.2. The Bertz CT molecular complexity index is 1010. The third kappa shape index (κ3) is 4.30. The van der Waals surface area contributed by atoms with Crippen LogP contribution in [-0.2, 0) is 19.6 Å². The van der Waals surface area contributed by atoms with Gasteiger partial charge in [0.05, 0.1) is 17.6 Å². The number of carbonyl (C=O) groups is 2. The summed E-state index contributed by atoms with van der Waals surface area (Å²) in [6.07, 6.45) is -0.814. The molecule has 28 heavy (non-hydrogen) atoms. The van der Waals surface area contributed by atoms with Gasteiger partial charge in [0.25, 0.3) is 5.91 Å². The summed E-state index contributed by atoms with van der Waals surface area (Å²) in [7, 11) is -4.08. The Morgan fingerprint density at radius 2 is 1.82 bits per heavy atom. The van der Waals surface area contributed by atoms with E-state index in [1.165, 1.54) is 12.1 Å². The molecule has 1 saturated heterocycles. The molecule has 1 heterocycles. The monoisotopic (exact) mass is 442 g/mol. The van der Waals surface area contributed by atoms with Gasteiger partial charge >= 0.3 is 6.09 Å². The van der Waals surface area contributed by atoms with E-state index >= 15 is 0 Å². The molecule has 0 saturated carbocycles. The molecule has 1 atom stereocenters. The van der Waals surface area contributed by atoms with Crippen LogP contribution >= 0.6 is 23.2 Å². The summed E-state index contributed by atoms with van der Waals surface area (Å²) in [5.41, 5.74) is 1.11. The lowest BCUT2D eigenvalue weighted by Crippen LogP contribution is -2.40. The SMILES string of the molecule is Cc1cc(S(=O)(=O)NC(CN2C(=O)COC2=O)c2ccccc2)c(Cl)cc1Cl. The van der Waals surface area contributed by atoms with Gasteiger partial charge in [-0.25, -0.2) is 22.8 Å². The fourth-order valence-corrected chi connectivity index (χ4v) is 4.77. The van der Waals surface area contributed by atoms with Crippen LogP contribution in [0.25, 0.3) is 0 Å². The van der Waals surface area contributed by atoms with Crippen LogP contribution in [0.2, 0.25) is 10.0 Å². The van der Waals surface area contributed by atoms with E-state index in [-0.39, 0.29) is 23.1 Å². The lowest BCUT2D eigenvalue weighted by atomic mass is 10.1. The second-order valence-corrected chi connectivity index (χ2v) is 8.67. The molecule has 10 heteroatoms. The van der Waals surface area contributed by atoms with Gasteiger partial charge in [0, 0.05) is 5.02 Å². The van der Waals surface area contributed by atoms with E-state index in [4.69, 9.17) is 27.9 Å². The average molecular weight is 443 g/mol. The molecule has 2 amide bonds. The van der Waals surface area contributed by atoms with Gasteiger partial charge < -0.3 is 4.74 Å². The molecule has 0 aromatic heterocycles. The van der Waals surface area contributed by atoms with Crippen molar-refractivity contribution in [3.8, 4) is 0 Å². The molecular weight excluding hydrogens is 427 g/mol. The van der Waals surface area contributed by atoms with Crippen LogP contribution < -0.4 is 4.72 Å². The van der Waals surface area contributed by atoms with E-state index in [1.807, 2.05) is 0 Å². The quantitative estimate of drug-likeness (QED) is 0.740. The summed E-state index contributed by atoms with van der Waals surface area (Å²) in [5, 5.41) is 0.306. The molecule has 1 unspecified atom stereocenters. The lowest BCUT2D eigenvalue weighted by molar-refractivity contribution is -0.126. The van der Waals surface area contributed by atoms with Crippen molar-refractivity contribution in [1.82, 2.24) is 9.62 Å². The molecule has 1 N–H and O–H groups in total. The zero-order valence-electron chi connectivity index (χ0n) is 14.7. The molecule has 2 aromatic carbocycles. The molecule has 0 aliphatic carbocycles. The van der Waals surface area contributed by atoms with Gasteiger partial charge in [-0.15, -0.1) is 0 Å². The van der Waals surface area contributed by atoms with Crippen LogP contribution in [0.1, 0.15) is 17.2 Å². The number of halogens is 2. The number of benzene rings is 2. The van der Waals surface area contributed by atoms with Crippen LogP contribution in [0.15, 0.2) is 47.4 Å². The predicted molar refractivity (Wildman–Crippen MR) is 104 cm³/mol. The summed E-state index contributed by atoms with van der Waals surface area (Å²) in [4.78, 5) is 24.4. The Morgan fingerprint density at radius 3 is 2.43 bits per heavy atom. The normalized spacial score (nSPS) is 15.6. The summed E-state index contributed by atoms with van der Waals surface area (Å²) in [6, 6.07) is 10.4. The number of cyclic esters (lactones) is 1. The molecule has 0 bridgehead atoms. The fourth-order valence-electron chi connectivity index (χ4n) is 2.72. The topological polar surface area (TPSA) is 92.8 Å². The van der Waals surface area contributed by atoms with E-state index in [0.717, 1.165) is 4.90 Å². The molecule has 0 radical (unpaired) electrons. The van der Waals surface area contributed by atoms with Gasteiger partial charge in [0.1, 0.15) is 4.90 Å². The lowest BCUT2D eigenvalue weighted by Gasteiger charge is -2.23. The van der Waals surface area contributed by atoms with Crippen molar-refractivity contribution in [2.75, 3.05) is 13.2 Å². The summed E-state index contributed by atoms with van der Waals surface area (Å²) in [5.74, 6) is -0.537. The average Bonchev–Trinajstić information content (AvgIpc) is 2.96. The number of ether oxygens (including phenoxy) is 1. The van der Waals surface area contributed by atoms with Crippen LogP contribution in [0.4, 0.5) is 4.79 Å². The summed E-state index contributed by atoms with van der Waals surface area (Å²) in [6.45, 7) is 1.08. The number of nitrogens with one attached hydrogen (secondary N) is 1. The largest absolute Gasteiger partial charge is 0.439 e. The summed E-state index contributed by atoms with van der Waals surface area (Å²) >= 11 is 12.1. The first kappa shape index (κ1) is 20.6. The van der Waals surface area contributed by atoms with Gasteiger partial charge in [-0.2, -0.15) is 0 Å². The Labute approximate surface area is 172 Å². The second kappa shape index (κ2) is 8.08. The standard InChI is InChI=1S/C18H16Cl2N2O5S/c1-11-7-16(14(20)8-13(11)19)28(25,26)21-15(12-5-3-2-4-6-12)9-22-17(23)10-27-18(22)24/h2-8,15,21H,9-10H2,1H3. The Morgan fingerprint density at radius 1 is 1.14 bits per heavy atom. The number of nitrogens with zero attached hydrogens (tertiary/aromatic N) is 1. The van der Waals surface area contributed by atoms with Crippen molar-refractivity contribution in [3.05, 3.63) is 63.6 Å². The van der Waals surface area contributed by atoms with Crippen molar-refractivity contribution in [2.24, 2.45) is 0 Å². The number of sulfonamides is 1. The number of hydrogen-bond acceptors (Lipinski definition) is 5. The Kier molecular flexibility index (Phi) is 5.95. The first-order valence-corrected chi connectivity index (χ1v) is 10.4. The number of aryl methyl sites for hydroxylation is 1. The molecule has 148 valence electrons. The number of hydrogen-bond donors (Lipinski definition) is 1. The van der Waals surface area contributed by atoms with E-state index in [1.54, 1.807) is 37.3 Å². The van der Waals surface area contributed by atoms with Crippen molar-refractivity contribution in [1.29, 1.82) is 0 Å². The number of rotatable bonds is 6. The maximum absolute atomic E-state index is 13.0. The molecule has 2 aromatic rings. The van der Waals surface area contributed by atoms with Crippen molar-refractivity contribution in [2.45, 2.75) is 17.9 Å². The highest BCUT2D eigenvalue weighted by atomic mass is 35.5. The highest BCUT2D eigenvalue weighted by Crippen LogP contribution is 2.29. The maximum Gasteiger partial charge on any atom is 0.417 e. The van der Waals surface area contributed by atoms with Gasteiger partial charge in [-0.1, -0.05) is 53.5 Å². The Hall–Kier alpha value is -2.13. The number of imide groups is 1. The molecule has 1 aliphatic rings. The van der Waals surface area contributed by atoms with Crippen molar-refractivity contribution < 1.29 is 22.7 Å². The van der Waals surface area contributed by atoms with Crippen LogP contribution in [-0.4, -0.2) is 38.5 Å². The predicted octanol–water partition coefficient (Wildman–Crippen LogP) is 3.30. The third-order valence-electron chi connectivity index (χ3n) is 4.21. The number of amides is 2. The first-order chi connectivity index (χ1) is 13.2. The molecule has 3 rings (SSSR count). The third-order valence-corrected chi connectivity index (χ3v) is 6.55. The van der Waals surface area contributed by atoms with Crippen LogP contribution in [0.5, 0.6) is 0 Å². The molecule has 0 spiro atoms. The minimum absolute atomic E-state index is 0.0356. The fraction of sp³-hybridized carbons (Fsp3) is 0.222. The maximum atomic E-state index is 13.0. The van der Waals surface area contributed by atoms with E-state index in [0.29, 0.717) is 16.1 Å². The van der Waals surface area contributed by atoms with Crippen LogP contribution in [0, 0.1) is 6.92 Å². The zero-order chi connectivity index (χ0) is 20.5. The molecule has 7 nitrogen and oxygen atoms in total. The molecule has 1 fully saturated rings. The zero-order valence-corrected chi connectivity index (χ0v) is 17.0. The van der Waals surface area contributed by atoms with Gasteiger partial charge in [0.15, 0.2) is 6.61 Å². The van der Waals surface area contributed by atoms with E-state index in [9.17, 15) is 18.0 Å². The highest BCUT2D eigenvalue weighted by molar-refractivity contribution is 7.89. The van der Waals surface area contributed by atoms with E-state index in [2.05, 4.69) is 4.72 Å². The minimum Gasteiger partial charge on any atom is -0.439 e. The van der Waals surface area contributed by atoms with Crippen LogP contribution in [0.3, 0.4) is 0 Å². The second-order valence-electron chi connectivity index (χ2n) is 6.18. The Balaban J connectivity index is 1.96. The minimum atomic E-state index is -4.08. The van der Waals surface area contributed by atoms with Gasteiger partial charge in [-0.05, 0) is 30.2 Å². The highest BCUT2D eigenvalue weighted by Gasteiger charge is 2.35. The smallest absolute Gasteiger partial charge is 0.417 e. The first-order valence-electron chi connectivity index (χ1n) is 8.19. The van der Waals surface area contributed by atoms with Gasteiger partial charge in [0.2, 0.25) is 10.0 Å². The van der Waals surface area contributed by atoms with Crippen molar-refractivity contribution >= 4 is 45.2 Å². The van der Waals surface area contributed by atoms with Crippen molar-refractivity contribution in [3.63, 3.8) is 0 Å². The molecule has 1 aliphatic heterocycles. The van der Waals surface area contributed by atoms with Gasteiger partial charge in [-0.3, -0.25) is 4.79 Å². The number of carbonyl (C=O) groups excluding carboxylic acids is 2. The molecular formula is C18H16Cl2N2O5S.